The van der Waals surface area contributed by atoms with Gasteiger partial charge >= 0.3 is 0 Å². The monoisotopic (exact) mass is 245 g/mol. The van der Waals surface area contributed by atoms with Gasteiger partial charge in [-0.2, -0.15) is 0 Å². The maximum absolute atomic E-state index is 5.98. The Bertz CT molecular complexity index is 746. The predicted octanol–water partition coefficient (Wildman–Crippen LogP) is 4.70. The molecular formula is C13H8ClNS. The van der Waals surface area contributed by atoms with Gasteiger partial charge in [0.1, 0.15) is 0 Å². The van der Waals surface area contributed by atoms with Crippen molar-refractivity contribution in [1.29, 1.82) is 0 Å². The quantitative estimate of drug-likeness (QED) is 0.448. The lowest BCUT2D eigenvalue weighted by atomic mass is 10.1. The Morgan fingerprint density at radius 1 is 0.938 bits per heavy atom. The first-order chi connectivity index (χ1) is 7.75. The predicted molar refractivity (Wildman–Crippen MR) is 71.6 cm³/mol. The molecule has 0 bridgehead atoms. The lowest BCUT2D eigenvalue weighted by molar-refractivity contribution is 1.49. The summed E-state index contributed by atoms with van der Waals surface area (Å²) in [5.74, 6) is 0. The molecule has 3 rings (SSSR count). The second-order valence-corrected chi connectivity index (χ2v) is 4.53. The Morgan fingerprint density at radius 2 is 1.69 bits per heavy atom. The molecule has 0 aliphatic carbocycles. The molecule has 1 nitrogen and oxygen atoms in total. The van der Waals surface area contributed by atoms with Gasteiger partial charge in [-0.3, -0.25) is 0 Å². The minimum atomic E-state index is 0.710. The molecule has 78 valence electrons. The van der Waals surface area contributed by atoms with Crippen molar-refractivity contribution in [3.8, 4) is 0 Å². The van der Waals surface area contributed by atoms with E-state index in [0.717, 1.165) is 26.3 Å². The largest absolute Gasteiger partial charge is 0.354 e. The Kier molecular flexibility index (Phi) is 2.20. The molecule has 0 radical (unpaired) electrons. The van der Waals surface area contributed by atoms with Gasteiger partial charge in [-0.25, -0.2) is 0 Å². The number of fused-ring (bicyclic) bond motifs is 2. The normalized spacial score (nSPS) is 11.1. The Balaban J connectivity index is 2.61. The number of para-hydroxylation sites is 1. The number of nitrogens with one attached hydrogen (secondary N) is 1. The summed E-state index contributed by atoms with van der Waals surface area (Å²) in [5, 5.41) is 2.77. The van der Waals surface area contributed by atoms with Gasteiger partial charge in [0.25, 0.3) is 0 Å². The number of benzene rings is 2. The van der Waals surface area contributed by atoms with Crippen molar-refractivity contribution < 1.29 is 0 Å². The van der Waals surface area contributed by atoms with Crippen LogP contribution in [-0.2, 0) is 0 Å². The van der Waals surface area contributed by atoms with Crippen LogP contribution in [0.25, 0.3) is 21.8 Å². The Hall–Kier alpha value is -1.38. The number of rotatable bonds is 0. The van der Waals surface area contributed by atoms with Crippen LogP contribution in [0.2, 0.25) is 5.02 Å². The van der Waals surface area contributed by atoms with Crippen LogP contribution in [0.15, 0.2) is 42.5 Å². The molecule has 0 spiro atoms. The van der Waals surface area contributed by atoms with Crippen LogP contribution in [0.5, 0.6) is 0 Å². The fourth-order valence-corrected chi connectivity index (χ4v) is 2.41. The highest BCUT2D eigenvalue weighted by Gasteiger charge is 2.01. The lowest BCUT2D eigenvalue weighted by Gasteiger charge is -2.04. The molecule has 0 amide bonds. The first-order valence-corrected chi connectivity index (χ1v) is 5.74. The third-order valence-electron chi connectivity index (χ3n) is 2.67. The van der Waals surface area contributed by atoms with Crippen LogP contribution in [0, 0.1) is 4.51 Å². The Labute approximate surface area is 103 Å². The molecule has 0 saturated carbocycles. The van der Waals surface area contributed by atoms with Crippen molar-refractivity contribution in [3.63, 3.8) is 0 Å². The maximum atomic E-state index is 5.98. The molecule has 1 N–H and O–H groups in total. The van der Waals surface area contributed by atoms with E-state index in [1.165, 1.54) is 0 Å². The van der Waals surface area contributed by atoms with Crippen LogP contribution in [0.3, 0.4) is 0 Å². The van der Waals surface area contributed by atoms with E-state index in [2.05, 4.69) is 4.98 Å². The first kappa shape index (κ1) is 9.82. The molecule has 0 saturated heterocycles. The number of pyridine rings is 1. The topological polar surface area (TPSA) is 15.8 Å². The van der Waals surface area contributed by atoms with Gasteiger partial charge in [0.05, 0.1) is 4.51 Å². The van der Waals surface area contributed by atoms with E-state index in [-0.39, 0.29) is 0 Å². The second kappa shape index (κ2) is 3.58. The molecule has 1 aromatic heterocycles. The highest BCUT2D eigenvalue weighted by Crippen LogP contribution is 2.24. The van der Waals surface area contributed by atoms with E-state index in [1.807, 2.05) is 42.5 Å². The summed E-state index contributed by atoms with van der Waals surface area (Å²) in [4.78, 5) is 3.35. The smallest absolute Gasteiger partial charge is 0.0564 e. The molecule has 0 fully saturated rings. The van der Waals surface area contributed by atoms with Crippen LogP contribution >= 0.6 is 23.8 Å². The maximum Gasteiger partial charge on any atom is 0.0564 e. The van der Waals surface area contributed by atoms with Crippen molar-refractivity contribution in [2.45, 2.75) is 0 Å². The highest BCUT2D eigenvalue weighted by molar-refractivity contribution is 7.72. The summed E-state index contributed by atoms with van der Waals surface area (Å²) < 4.78 is 0.854. The molecule has 0 atom stereocenters. The summed E-state index contributed by atoms with van der Waals surface area (Å²) in [6, 6.07) is 13.8. The van der Waals surface area contributed by atoms with E-state index in [9.17, 15) is 0 Å². The SMILES string of the molecule is S=c1c2ccccc2[nH]c2ccc(Cl)cc12. The van der Waals surface area contributed by atoms with Crippen molar-refractivity contribution in [1.82, 2.24) is 4.98 Å². The van der Waals surface area contributed by atoms with E-state index in [1.54, 1.807) is 0 Å². The van der Waals surface area contributed by atoms with Crippen LogP contribution in [0.4, 0.5) is 0 Å². The zero-order valence-electron chi connectivity index (χ0n) is 8.33. The van der Waals surface area contributed by atoms with Crippen LogP contribution < -0.4 is 0 Å². The zero-order valence-corrected chi connectivity index (χ0v) is 9.90. The zero-order chi connectivity index (χ0) is 11.1. The van der Waals surface area contributed by atoms with E-state index in [0.29, 0.717) is 5.02 Å². The van der Waals surface area contributed by atoms with E-state index >= 15 is 0 Å². The van der Waals surface area contributed by atoms with Crippen molar-refractivity contribution in [2.75, 3.05) is 0 Å². The second-order valence-electron chi connectivity index (χ2n) is 3.69. The van der Waals surface area contributed by atoms with Gasteiger partial charge in [-0.1, -0.05) is 42.0 Å². The molecular weight excluding hydrogens is 238 g/mol. The van der Waals surface area contributed by atoms with Gasteiger partial charge < -0.3 is 4.98 Å². The van der Waals surface area contributed by atoms with Crippen molar-refractivity contribution in [2.24, 2.45) is 0 Å². The molecule has 0 unspecified atom stereocenters. The van der Waals surface area contributed by atoms with Gasteiger partial charge in [0.15, 0.2) is 0 Å². The van der Waals surface area contributed by atoms with Crippen LogP contribution in [-0.4, -0.2) is 4.98 Å². The van der Waals surface area contributed by atoms with Gasteiger partial charge in [0.2, 0.25) is 0 Å². The third kappa shape index (κ3) is 1.42. The molecule has 16 heavy (non-hydrogen) atoms. The van der Waals surface area contributed by atoms with E-state index < -0.39 is 0 Å². The summed E-state index contributed by atoms with van der Waals surface area (Å²) in [6.07, 6.45) is 0. The fraction of sp³-hybridized carbons (Fsp3) is 0. The first-order valence-electron chi connectivity index (χ1n) is 4.96. The number of H-pyrrole nitrogens is 1. The number of hydrogen-bond acceptors (Lipinski definition) is 1. The van der Waals surface area contributed by atoms with Crippen LogP contribution in [0.1, 0.15) is 0 Å². The molecule has 3 heteroatoms. The number of aromatic amines is 1. The molecule has 3 aromatic rings. The lowest BCUT2D eigenvalue weighted by Crippen LogP contribution is -1.83. The molecule has 0 aliphatic heterocycles. The van der Waals surface area contributed by atoms with Crippen molar-refractivity contribution >= 4 is 45.6 Å². The number of halogens is 1. The van der Waals surface area contributed by atoms with Crippen molar-refractivity contribution in [3.05, 3.63) is 52.0 Å². The molecule has 0 aliphatic rings. The third-order valence-corrected chi connectivity index (χ3v) is 3.34. The average Bonchev–Trinajstić information content (AvgIpc) is 2.31. The van der Waals surface area contributed by atoms with Gasteiger partial charge in [0, 0.05) is 26.8 Å². The summed E-state index contributed by atoms with van der Waals surface area (Å²) >= 11 is 11.5. The summed E-state index contributed by atoms with van der Waals surface area (Å²) in [5.41, 5.74) is 2.08. The average molecular weight is 246 g/mol. The Morgan fingerprint density at radius 3 is 2.56 bits per heavy atom. The fourth-order valence-electron chi connectivity index (χ4n) is 1.89. The minimum Gasteiger partial charge on any atom is -0.354 e. The van der Waals surface area contributed by atoms with Gasteiger partial charge in [-0.15, -0.1) is 0 Å². The van der Waals surface area contributed by atoms with Gasteiger partial charge in [-0.05, 0) is 24.3 Å². The number of aromatic nitrogens is 1. The number of hydrogen-bond donors (Lipinski definition) is 1. The standard InChI is InChI=1S/C13H8ClNS/c14-8-5-6-12-10(7-8)13(16)9-3-1-2-4-11(9)15-12/h1-7H,(H,15,16). The molecule has 1 heterocycles. The summed E-state index contributed by atoms with van der Waals surface area (Å²) in [6.45, 7) is 0. The minimum absolute atomic E-state index is 0.710. The molecule has 2 aromatic carbocycles. The highest BCUT2D eigenvalue weighted by atomic mass is 35.5. The van der Waals surface area contributed by atoms with E-state index in [4.69, 9.17) is 23.8 Å². The summed E-state index contributed by atoms with van der Waals surface area (Å²) in [7, 11) is 0.